The predicted molar refractivity (Wildman–Crippen MR) is 103 cm³/mol. The van der Waals surface area contributed by atoms with Crippen LogP contribution >= 0.6 is 11.6 Å². The molecule has 2 N–H and O–H groups in total. The first-order valence-corrected chi connectivity index (χ1v) is 9.91. The van der Waals surface area contributed by atoms with Gasteiger partial charge in [0.2, 0.25) is 0 Å². The minimum Gasteiger partial charge on any atom is -0.467 e. The molecule has 0 spiro atoms. The first-order chi connectivity index (χ1) is 12.8. The molecule has 1 amide bonds. The van der Waals surface area contributed by atoms with Crippen LogP contribution in [0.15, 0.2) is 70.2 Å². The smallest absolute Gasteiger partial charge is 0.261 e. The fourth-order valence-electron chi connectivity index (χ4n) is 2.44. The molecule has 3 rings (SSSR count). The van der Waals surface area contributed by atoms with Crippen LogP contribution in [0.4, 0.5) is 5.69 Å². The maximum absolute atomic E-state index is 12.6. The number of rotatable bonds is 6. The molecule has 2 aromatic carbocycles. The van der Waals surface area contributed by atoms with Crippen LogP contribution in [0.25, 0.3) is 0 Å². The number of aryl methyl sites for hydroxylation is 1. The Morgan fingerprint density at radius 2 is 1.93 bits per heavy atom. The summed E-state index contributed by atoms with van der Waals surface area (Å²) in [6.07, 6.45) is 1.50. The van der Waals surface area contributed by atoms with Crippen molar-refractivity contribution >= 4 is 33.2 Å². The maximum Gasteiger partial charge on any atom is 0.261 e. The van der Waals surface area contributed by atoms with Gasteiger partial charge in [0.1, 0.15) is 5.76 Å². The molecule has 6 nitrogen and oxygen atoms in total. The molecule has 3 aromatic rings. The molecular formula is C19H17ClN2O4S. The van der Waals surface area contributed by atoms with Gasteiger partial charge in [-0.2, -0.15) is 0 Å². The average Bonchev–Trinajstić information content (AvgIpc) is 3.13. The summed E-state index contributed by atoms with van der Waals surface area (Å²) in [6, 6.07) is 14.4. The Kier molecular flexibility index (Phi) is 5.53. The zero-order valence-electron chi connectivity index (χ0n) is 14.4. The van der Waals surface area contributed by atoms with Crippen molar-refractivity contribution in [2.75, 3.05) is 4.72 Å². The number of anilines is 1. The van der Waals surface area contributed by atoms with Gasteiger partial charge in [0.25, 0.3) is 15.9 Å². The Morgan fingerprint density at radius 1 is 1.11 bits per heavy atom. The number of hydrogen-bond donors (Lipinski definition) is 2. The third-order valence-corrected chi connectivity index (χ3v) is 5.47. The van der Waals surface area contributed by atoms with Gasteiger partial charge in [0.05, 0.1) is 28.3 Å². The molecule has 0 saturated carbocycles. The van der Waals surface area contributed by atoms with E-state index < -0.39 is 15.9 Å². The van der Waals surface area contributed by atoms with Gasteiger partial charge in [-0.1, -0.05) is 23.7 Å². The second kappa shape index (κ2) is 7.85. The van der Waals surface area contributed by atoms with E-state index in [-0.39, 0.29) is 22.0 Å². The molecule has 0 aliphatic heterocycles. The van der Waals surface area contributed by atoms with Gasteiger partial charge in [0.15, 0.2) is 0 Å². The topological polar surface area (TPSA) is 88.4 Å². The lowest BCUT2D eigenvalue weighted by Gasteiger charge is -2.11. The minimum absolute atomic E-state index is 0.0587. The van der Waals surface area contributed by atoms with E-state index in [2.05, 4.69) is 10.0 Å². The molecule has 140 valence electrons. The van der Waals surface area contributed by atoms with E-state index in [4.69, 9.17) is 16.0 Å². The molecular weight excluding hydrogens is 388 g/mol. The molecule has 0 atom stereocenters. The summed E-state index contributed by atoms with van der Waals surface area (Å²) in [4.78, 5) is 12.3. The number of hydrogen-bond acceptors (Lipinski definition) is 4. The summed E-state index contributed by atoms with van der Waals surface area (Å²) in [5.74, 6) is 0.0772. The number of furan rings is 1. The van der Waals surface area contributed by atoms with Crippen LogP contribution in [0.3, 0.4) is 0 Å². The van der Waals surface area contributed by atoms with Crippen molar-refractivity contribution in [3.8, 4) is 0 Å². The van der Waals surface area contributed by atoms with Crippen LogP contribution in [0, 0.1) is 6.92 Å². The summed E-state index contributed by atoms with van der Waals surface area (Å²) in [7, 11) is -3.87. The van der Waals surface area contributed by atoms with Gasteiger partial charge in [-0.05, 0) is 55.0 Å². The normalized spacial score (nSPS) is 11.2. The van der Waals surface area contributed by atoms with Crippen LogP contribution in [0.2, 0.25) is 5.02 Å². The van der Waals surface area contributed by atoms with Gasteiger partial charge in [-0.25, -0.2) is 8.42 Å². The van der Waals surface area contributed by atoms with Crippen molar-refractivity contribution in [2.24, 2.45) is 0 Å². The second-order valence-corrected chi connectivity index (χ2v) is 7.97. The Hall–Kier alpha value is -2.77. The number of halogens is 1. The van der Waals surface area contributed by atoms with E-state index in [1.165, 1.54) is 24.5 Å². The number of carbonyl (C=O) groups excluding carboxylic acids is 1. The number of carbonyl (C=O) groups is 1. The van der Waals surface area contributed by atoms with E-state index in [0.717, 1.165) is 5.56 Å². The third-order valence-electron chi connectivity index (χ3n) is 3.77. The van der Waals surface area contributed by atoms with E-state index in [1.807, 2.05) is 13.0 Å². The average molecular weight is 405 g/mol. The standard InChI is InChI=1S/C19H17ClN2O4S/c1-13-4-2-5-14(10-13)22-27(24,25)16-7-8-18(20)17(11-16)19(23)21-12-15-6-3-9-26-15/h2-11,22H,12H2,1H3,(H,21,23). The first kappa shape index (κ1) is 19.0. The van der Waals surface area contributed by atoms with Gasteiger partial charge in [0, 0.05) is 5.69 Å². The zero-order valence-corrected chi connectivity index (χ0v) is 16.0. The van der Waals surface area contributed by atoms with Gasteiger partial charge >= 0.3 is 0 Å². The fraction of sp³-hybridized carbons (Fsp3) is 0.105. The first-order valence-electron chi connectivity index (χ1n) is 8.05. The second-order valence-electron chi connectivity index (χ2n) is 5.88. The molecule has 8 heteroatoms. The van der Waals surface area contributed by atoms with Gasteiger partial charge in [-0.15, -0.1) is 0 Å². The van der Waals surface area contributed by atoms with E-state index in [1.54, 1.807) is 30.3 Å². The molecule has 1 aromatic heterocycles. The number of benzene rings is 2. The summed E-state index contributed by atoms with van der Waals surface area (Å²) in [6.45, 7) is 2.03. The van der Waals surface area contributed by atoms with E-state index in [9.17, 15) is 13.2 Å². The Labute approximate surface area is 162 Å². The molecule has 0 aliphatic rings. The molecule has 0 radical (unpaired) electrons. The highest BCUT2D eigenvalue weighted by Gasteiger charge is 2.19. The molecule has 27 heavy (non-hydrogen) atoms. The van der Waals surface area contributed by atoms with Gasteiger partial charge in [-0.3, -0.25) is 9.52 Å². The molecule has 0 bridgehead atoms. The SMILES string of the molecule is Cc1cccc(NS(=O)(=O)c2ccc(Cl)c(C(=O)NCc3ccco3)c2)c1. The van der Waals surface area contributed by atoms with Crippen molar-refractivity contribution in [1.29, 1.82) is 0 Å². The van der Waals surface area contributed by atoms with Crippen LogP contribution in [-0.4, -0.2) is 14.3 Å². The molecule has 0 unspecified atom stereocenters. The highest BCUT2D eigenvalue weighted by Crippen LogP contribution is 2.23. The minimum atomic E-state index is -3.87. The van der Waals surface area contributed by atoms with Crippen LogP contribution < -0.4 is 10.0 Å². The highest BCUT2D eigenvalue weighted by molar-refractivity contribution is 7.92. The van der Waals surface area contributed by atoms with Crippen LogP contribution in [0.1, 0.15) is 21.7 Å². The van der Waals surface area contributed by atoms with Crippen molar-refractivity contribution in [2.45, 2.75) is 18.4 Å². The quantitative estimate of drug-likeness (QED) is 0.650. The third kappa shape index (κ3) is 4.69. The lowest BCUT2D eigenvalue weighted by molar-refractivity contribution is 0.0948. The zero-order chi connectivity index (χ0) is 19.4. The van der Waals surface area contributed by atoms with Crippen LogP contribution in [0.5, 0.6) is 0 Å². The van der Waals surface area contributed by atoms with Crippen molar-refractivity contribution in [3.05, 3.63) is 82.8 Å². The highest BCUT2D eigenvalue weighted by atomic mass is 35.5. The molecule has 1 heterocycles. The fourth-order valence-corrected chi connectivity index (χ4v) is 3.72. The lowest BCUT2D eigenvalue weighted by atomic mass is 10.2. The maximum atomic E-state index is 12.6. The lowest BCUT2D eigenvalue weighted by Crippen LogP contribution is -2.23. The summed E-state index contributed by atoms with van der Waals surface area (Å²) in [5, 5.41) is 2.80. The van der Waals surface area contributed by atoms with Crippen molar-refractivity contribution in [3.63, 3.8) is 0 Å². The van der Waals surface area contributed by atoms with Crippen molar-refractivity contribution in [1.82, 2.24) is 5.32 Å². The monoisotopic (exact) mass is 404 g/mol. The number of nitrogens with one attached hydrogen (secondary N) is 2. The van der Waals surface area contributed by atoms with Crippen molar-refractivity contribution < 1.29 is 17.6 Å². The largest absolute Gasteiger partial charge is 0.467 e. The van der Waals surface area contributed by atoms with E-state index in [0.29, 0.717) is 11.4 Å². The summed E-state index contributed by atoms with van der Waals surface area (Å²) in [5.41, 5.74) is 1.42. The molecule has 0 aliphatic carbocycles. The van der Waals surface area contributed by atoms with Crippen LogP contribution in [-0.2, 0) is 16.6 Å². The van der Waals surface area contributed by atoms with E-state index >= 15 is 0 Å². The Balaban J connectivity index is 1.82. The Bertz CT molecular complexity index is 1060. The predicted octanol–water partition coefficient (Wildman–Crippen LogP) is 3.97. The number of amides is 1. The Morgan fingerprint density at radius 3 is 2.63 bits per heavy atom. The van der Waals surface area contributed by atoms with Gasteiger partial charge < -0.3 is 9.73 Å². The summed E-state index contributed by atoms with van der Waals surface area (Å²) >= 11 is 6.08. The molecule has 0 saturated heterocycles. The molecule has 0 fully saturated rings. The number of sulfonamides is 1. The summed E-state index contributed by atoms with van der Waals surface area (Å²) < 4.78 is 32.9.